The molecule has 1 heterocycles. The van der Waals surface area contributed by atoms with E-state index in [1.807, 2.05) is 13.8 Å². The maximum Gasteiger partial charge on any atom is 0.224 e. The van der Waals surface area contributed by atoms with E-state index >= 15 is 0 Å². The molecule has 30 heavy (non-hydrogen) atoms. The molecule has 0 spiro atoms. The van der Waals surface area contributed by atoms with E-state index in [0.29, 0.717) is 51.1 Å². The zero-order valence-corrected chi connectivity index (χ0v) is 18.4. The number of rotatable bonds is 1. The number of allylic oxidation sites excluding steroid dienone is 1. The van der Waals surface area contributed by atoms with Crippen molar-refractivity contribution in [1.29, 1.82) is 0 Å². The molecule has 2 aromatic rings. The number of Topliss-reactive ketones (excluding diaryl/α,β-unsaturated/α-hetero) is 1. The van der Waals surface area contributed by atoms with Gasteiger partial charge in [0.25, 0.3) is 0 Å². The quantitative estimate of drug-likeness (QED) is 0.540. The second-order valence-corrected chi connectivity index (χ2v) is 9.43. The number of anilines is 2. The van der Waals surface area contributed by atoms with Crippen LogP contribution in [-0.4, -0.2) is 16.8 Å². The Bertz CT molecular complexity index is 1110. The summed E-state index contributed by atoms with van der Waals surface area (Å²) >= 11 is 12.8. The normalized spacial score (nSPS) is 20.2. The van der Waals surface area contributed by atoms with E-state index in [0.717, 1.165) is 0 Å². The minimum atomic E-state index is -0.761. The molecule has 1 atom stereocenters. The average molecular weight is 445 g/mol. The standard InChI is InChI=1S/C23H22Cl2N2O3/c1-12(28)27-17-5-4-6-18(29)21(17)26-16-10-23(2,3)11-19(30)20(16)22(27)14-9-13(24)7-8-15(14)25/h4-9,22,26,29H,10-11H2,1-3H3. The van der Waals surface area contributed by atoms with Crippen molar-refractivity contribution >= 4 is 46.3 Å². The number of carbonyl (C=O) groups excluding carboxylic acids is 2. The van der Waals surface area contributed by atoms with Crippen LogP contribution < -0.4 is 10.2 Å². The van der Waals surface area contributed by atoms with Gasteiger partial charge in [0, 0.05) is 34.7 Å². The lowest BCUT2D eigenvalue weighted by Gasteiger charge is -2.37. The van der Waals surface area contributed by atoms with Crippen LogP contribution in [0.2, 0.25) is 10.0 Å². The number of carbonyl (C=O) groups is 2. The van der Waals surface area contributed by atoms with E-state index in [2.05, 4.69) is 5.32 Å². The molecule has 0 fully saturated rings. The van der Waals surface area contributed by atoms with Crippen LogP contribution in [0, 0.1) is 5.41 Å². The van der Waals surface area contributed by atoms with Crippen LogP contribution >= 0.6 is 23.2 Å². The number of aromatic hydroxyl groups is 1. The summed E-state index contributed by atoms with van der Waals surface area (Å²) in [6.45, 7) is 5.48. The van der Waals surface area contributed by atoms with E-state index in [9.17, 15) is 14.7 Å². The number of hydrogen-bond acceptors (Lipinski definition) is 4. The highest BCUT2D eigenvalue weighted by molar-refractivity contribution is 6.33. The molecule has 7 heteroatoms. The monoisotopic (exact) mass is 444 g/mol. The van der Waals surface area contributed by atoms with Gasteiger partial charge in [0.15, 0.2) is 5.78 Å². The van der Waals surface area contributed by atoms with Crippen molar-refractivity contribution in [2.24, 2.45) is 5.41 Å². The first-order chi connectivity index (χ1) is 14.1. The van der Waals surface area contributed by atoms with Gasteiger partial charge in [0.2, 0.25) is 5.91 Å². The van der Waals surface area contributed by atoms with Crippen LogP contribution in [0.4, 0.5) is 11.4 Å². The van der Waals surface area contributed by atoms with E-state index in [1.54, 1.807) is 36.4 Å². The van der Waals surface area contributed by atoms with E-state index in [4.69, 9.17) is 23.2 Å². The highest BCUT2D eigenvalue weighted by Gasteiger charge is 2.43. The summed E-state index contributed by atoms with van der Waals surface area (Å²) in [4.78, 5) is 27.8. The molecule has 2 aromatic carbocycles. The van der Waals surface area contributed by atoms with Gasteiger partial charge in [-0.05, 0) is 47.7 Å². The molecule has 4 rings (SSSR count). The number of phenols is 1. The third-order valence-electron chi connectivity index (χ3n) is 5.60. The Kier molecular flexibility index (Phi) is 5.07. The zero-order valence-electron chi connectivity index (χ0n) is 16.9. The van der Waals surface area contributed by atoms with Crippen molar-refractivity contribution in [3.63, 3.8) is 0 Å². The van der Waals surface area contributed by atoms with Crippen LogP contribution in [0.3, 0.4) is 0 Å². The van der Waals surface area contributed by atoms with Gasteiger partial charge in [-0.3, -0.25) is 14.5 Å². The molecule has 0 bridgehead atoms. The Labute approximate surface area is 185 Å². The highest BCUT2D eigenvalue weighted by Crippen LogP contribution is 2.51. The van der Waals surface area contributed by atoms with Gasteiger partial charge in [-0.1, -0.05) is 43.1 Å². The summed E-state index contributed by atoms with van der Waals surface area (Å²) in [5.41, 5.74) is 2.34. The number of amides is 1. The molecule has 0 aromatic heterocycles. The Balaban J connectivity index is 2.08. The van der Waals surface area contributed by atoms with Crippen molar-refractivity contribution in [1.82, 2.24) is 0 Å². The number of hydrogen-bond donors (Lipinski definition) is 2. The Morgan fingerprint density at radius 2 is 1.93 bits per heavy atom. The molecular weight excluding hydrogens is 423 g/mol. The molecule has 2 N–H and O–H groups in total. The first-order valence-corrected chi connectivity index (χ1v) is 10.4. The molecule has 1 amide bonds. The molecule has 1 unspecified atom stereocenters. The van der Waals surface area contributed by atoms with Crippen molar-refractivity contribution in [2.75, 3.05) is 10.2 Å². The van der Waals surface area contributed by atoms with E-state index in [1.165, 1.54) is 11.8 Å². The number of benzene rings is 2. The lowest BCUT2D eigenvalue weighted by molar-refractivity contribution is -0.118. The molecule has 1 aliphatic carbocycles. The summed E-state index contributed by atoms with van der Waals surface area (Å²) < 4.78 is 0. The van der Waals surface area contributed by atoms with Crippen molar-refractivity contribution < 1.29 is 14.7 Å². The first-order valence-electron chi connectivity index (χ1n) is 9.69. The van der Waals surface area contributed by atoms with Crippen molar-refractivity contribution in [2.45, 2.75) is 39.7 Å². The zero-order chi connectivity index (χ0) is 21.8. The summed E-state index contributed by atoms with van der Waals surface area (Å²) in [6, 6.07) is 9.21. The number of nitrogens with zero attached hydrogens (tertiary/aromatic N) is 1. The van der Waals surface area contributed by atoms with Crippen LogP contribution in [0.5, 0.6) is 5.75 Å². The first kappa shape index (κ1) is 20.8. The second-order valence-electron chi connectivity index (χ2n) is 8.59. The third kappa shape index (κ3) is 3.46. The summed E-state index contributed by atoms with van der Waals surface area (Å²) in [5, 5.41) is 14.7. The number of ketones is 1. The third-order valence-corrected chi connectivity index (χ3v) is 6.18. The Hall–Kier alpha value is -2.50. The lowest BCUT2D eigenvalue weighted by Crippen LogP contribution is -2.38. The molecule has 0 saturated heterocycles. The van der Waals surface area contributed by atoms with Crippen LogP contribution in [0.15, 0.2) is 47.7 Å². The van der Waals surface area contributed by atoms with Crippen LogP contribution in [-0.2, 0) is 9.59 Å². The van der Waals surface area contributed by atoms with Crippen molar-refractivity contribution in [3.8, 4) is 5.75 Å². The van der Waals surface area contributed by atoms with Gasteiger partial charge < -0.3 is 10.4 Å². The fourth-order valence-electron chi connectivity index (χ4n) is 4.41. The van der Waals surface area contributed by atoms with Crippen LogP contribution in [0.1, 0.15) is 45.2 Å². The fraction of sp³-hybridized carbons (Fsp3) is 0.304. The number of nitrogens with one attached hydrogen (secondary N) is 1. The predicted octanol–water partition coefficient (Wildman–Crippen LogP) is 5.86. The van der Waals surface area contributed by atoms with Gasteiger partial charge >= 0.3 is 0 Å². The Morgan fingerprint density at radius 3 is 2.63 bits per heavy atom. The smallest absolute Gasteiger partial charge is 0.224 e. The molecule has 1 aliphatic heterocycles. The minimum absolute atomic E-state index is 0.000676. The largest absolute Gasteiger partial charge is 0.506 e. The maximum atomic E-state index is 13.4. The fourth-order valence-corrected chi connectivity index (χ4v) is 4.81. The second kappa shape index (κ2) is 7.33. The topological polar surface area (TPSA) is 69.6 Å². The van der Waals surface area contributed by atoms with Gasteiger partial charge in [-0.2, -0.15) is 0 Å². The SMILES string of the molecule is CC(=O)N1c2cccc(O)c2NC2=C(C(=O)CC(C)(C)C2)C1c1cc(Cl)ccc1Cl. The minimum Gasteiger partial charge on any atom is -0.506 e. The number of phenolic OH excluding ortho intramolecular Hbond substituents is 1. The van der Waals surface area contributed by atoms with Gasteiger partial charge in [-0.15, -0.1) is 0 Å². The summed E-state index contributed by atoms with van der Waals surface area (Å²) in [6.07, 6.45) is 0.929. The molecule has 5 nitrogen and oxygen atoms in total. The summed E-state index contributed by atoms with van der Waals surface area (Å²) in [7, 11) is 0. The van der Waals surface area contributed by atoms with Crippen molar-refractivity contribution in [3.05, 3.63) is 63.3 Å². The summed E-state index contributed by atoms with van der Waals surface area (Å²) in [5.74, 6) is -0.344. The average Bonchev–Trinajstić information content (AvgIpc) is 2.78. The van der Waals surface area contributed by atoms with Gasteiger partial charge in [-0.25, -0.2) is 0 Å². The number of para-hydroxylation sites is 1. The van der Waals surface area contributed by atoms with Gasteiger partial charge in [0.1, 0.15) is 11.4 Å². The molecular formula is C23H22Cl2N2O3. The lowest BCUT2D eigenvalue weighted by atomic mass is 9.73. The predicted molar refractivity (Wildman–Crippen MR) is 119 cm³/mol. The van der Waals surface area contributed by atoms with Gasteiger partial charge in [0.05, 0.1) is 11.7 Å². The Morgan fingerprint density at radius 1 is 1.20 bits per heavy atom. The molecule has 0 radical (unpaired) electrons. The van der Waals surface area contributed by atoms with E-state index < -0.39 is 6.04 Å². The van der Waals surface area contributed by atoms with E-state index in [-0.39, 0.29) is 22.9 Å². The molecule has 0 saturated carbocycles. The van der Waals surface area contributed by atoms with Crippen LogP contribution in [0.25, 0.3) is 0 Å². The highest BCUT2D eigenvalue weighted by atomic mass is 35.5. The maximum absolute atomic E-state index is 13.4. The number of halogens is 2. The number of fused-ring (bicyclic) bond motifs is 1. The molecule has 156 valence electrons. The molecule has 2 aliphatic rings.